The first kappa shape index (κ1) is 46.7. The first-order chi connectivity index (χ1) is 29.6. The first-order valence-electron chi connectivity index (χ1n) is 20.2. The minimum absolute atomic E-state index is 0.0108. The topological polar surface area (TPSA) is 293 Å². The van der Waals surface area contributed by atoms with Crippen LogP contribution < -0.4 is 21.7 Å². The lowest BCUT2D eigenvalue weighted by Gasteiger charge is -2.50. The lowest BCUT2D eigenvalue weighted by Crippen LogP contribution is -2.66. The van der Waals surface area contributed by atoms with Crippen molar-refractivity contribution >= 4 is 56.2 Å². The number of amides is 3. The van der Waals surface area contributed by atoms with E-state index in [1.54, 1.807) is 13.8 Å². The number of rotatable bonds is 18. The Bertz CT molecular complexity index is 2160. The van der Waals surface area contributed by atoms with E-state index in [2.05, 4.69) is 46.0 Å². The summed E-state index contributed by atoms with van der Waals surface area (Å²) in [5.41, 5.74) is 9.30. The van der Waals surface area contributed by atoms with Gasteiger partial charge in [0.2, 0.25) is 11.8 Å². The quantitative estimate of drug-likeness (QED) is 0.0369. The van der Waals surface area contributed by atoms with Crippen LogP contribution in [0.1, 0.15) is 45.1 Å². The molecule has 10 N–H and O–H groups in total. The van der Waals surface area contributed by atoms with Crippen LogP contribution in [-0.2, 0) is 49.4 Å². The molecule has 3 amide bonds. The predicted molar refractivity (Wildman–Crippen MR) is 218 cm³/mol. The Morgan fingerprint density at radius 3 is 2.06 bits per heavy atom. The molecule has 0 bridgehead atoms. The van der Waals surface area contributed by atoms with E-state index in [1.807, 2.05) is 30.3 Å². The number of aliphatic hydroxyl groups is 5. The van der Waals surface area contributed by atoms with Crippen molar-refractivity contribution in [2.75, 3.05) is 26.9 Å². The lowest BCUT2D eigenvalue weighted by molar-refractivity contribution is -0.356. The van der Waals surface area contributed by atoms with Crippen LogP contribution in [0.25, 0.3) is 32.3 Å². The van der Waals surface area contributed by atoms with Gasteiger partial charge in [0.15, 0.2) is 12.6 Å². The summed E-state index contributed by atoms with van der Waals surface area (Å²) in [6, 6.07) is 18.2. The highest BCUT2D eigenvalue weighted by Crippen LogP contribution is 2.38. The van der Waals surface area contributed by atoms with Crippen LogP contribution in [0.3, 0.4) is 0 Å². The lowest BCUT2D eigenvalue weighted by atomic mass is 9.77. The van der Waals surface area contributed by atoms with Gasteiger partial charge in [-0.1, -0.05) is 54.6 Å². The summed E-state index contributed by atoms with van der Waals surface area (Å²) in [6.45, 7) is 1.90. The largest absolute Gasteiger partial charge is 0.480 e. The molecule has 0 saturated carbocycles. The number of hydrazine groups is 2. The maximum absolute atomic E-state index is 12.6. The van der Waals surface area contributed by atoms with Crippen molar-refractivity contribution < 1.29 is 78.2 Å². The molecule has 10 unspecified atom stereocenters. The van der Waals surface area contributed by atoms with Crippen molar-refractivity contribution in [1.29, 1.82) is 0 Å². The van der Waals surface area contributed by atoms with Crippen LogP contribution in [0.2, 0.25) is 0 Å². The molecular weight excluding hydrogens is 816 g/mol. The number of hydrogen-bond donors (Lipinski definition) is 10. The van der Waals surface area contributed by atoms with Crippen molar-refractivity contribution in [3.8, 4) is 0 Å². The van der Waals surface area contributed by atoms with Gasteiger partial charge in [-0.05, 0) is 64.6 Å². The highest BCUT2D eigenvalue weighted by Gasteiger charge is 2.54. The third-order valence-electron chi connectivity index (χ3n) is 11.4. The average Bonchev–Trinajstić information content (AvgIpc) is 3.24. The highest BCUT2D eigenvalue weighted by atomic mass is 16.7. The molecule has 2 fully saturated rings. The number of methoxy groups -OCH3 is 1. The summed E-state index contributed by atoms with van der Waals surface area (Å²) >= 11 is 0. The molecule has 20 nitrogen and oxygen atoms in total. The second-order valence-corrected chi connectivity index (χ2v) is 15.9. The van der Waals surface area contributed by atoms with E-state index in [0.29, 0.717) is 0 Å². The van der Waals surface area contributed by atoms with Gasteiger partial charge < -0.3 is 59.1 Å². The van der Waals surface area contributed by atoms with Crippen molar-refractivity contribution in [3.05, 3.63) is 60.2 Å². The van der Waals surface area contributed by atoms with E-state index in [4.69, 9.17) is 33.5 Å². The maximum Gasteiger partial charge on any atom is 0.426 e. The number of nitrogens with one attached hydrogen (secondary N) is 4. The first-order valence-corrected chi connectivity index (χ1v) is 20.2. The Labute approximate surface area is 355 Å². The molecule has 2 aliphatic heterocycles. The van der Waals surface area contributed by atoms with Gasteiger partial charge in [-0.2, -0.15) is 0 Å². The number of carbonyl (C=O) groups is 4. The Hall–Kier alpha value is -4.84. The number of ether oxygens (including phenoxy) is 6. The minimum atomic E-state index is -1.86. The molecule has 0 aromatic heterocycles. The fraction of sp³-hybridized carbons (Fsp3) is 0.524. The van der Waals surface area contributed by atoms with E-state index in [1.165, 1.54) is 7.11 Å². The average molecular weight is 871 g/mol. The van der Waals surface area contributed by atoms with E-state index < -0.39 is 97.3 Å². The molecule has 2 aliphatic rings. The van der Waals surface area contributed by atoms with Crippen molar-refractivity contribution in [3.63, 3.8) is 0 Å². The normalized spacial score (nSPS) is 26.7. The zero-order valence-corrected chi connectivity index (χ0v) is 34.4. The molecule has 0 spiro atoms. The van der Waals surface area contributed by atoms with E-state index >= 15 is 0 Å². The molecule has 4 aromatic carbocycles. The molecule has 62 heavy (non-hydrogen) atoms. The van der Waals surface area contributed by atoms with Crippen molar-refractivity contribution in [1.82, 2.24) is 21.7 Å². The number of hydrogen-bond acceptors (Lipinski definition) is 16. The summed E-state index contributed by atoms with van der Waals surface area (Å²) in [4.78, 5) is 48.4. The monoisotopic (exact) mass is 870 g/mol. The number of benzene rings is 4. The number of aliphatic hydroxyl groups excluding tert-OH is 5. The molecule has 10 atom stereocenters. The number of carboxylic acids is 1. The van der Waals surface area contributed by atoms with Crippen LogP contribution in [0.5, 0.6) is 0 Å². The molecule has 2 heterocycles. The predicted octanol–water partition coefficient (Wildman–Crippen LogP) is 0.436. The van der Waals surface area contributed by atoms with E-state index in [9.17, 15) is 44.7 Å². The molecule has 0 aliphatic carbocycles. The Balaban J connectivity index is 0.920. The molecule has 20 heteroatoms. The minimum Gasteiger partial charge on any atom is -0.480 e. The van der Waals surface area contributed by atoms with Crippen LogP contribution in [-0.4, -0.2) is 142 Å². The molecule has 2 saturated heterocycles. The van der Waals surface area contributed by atoms with Crippen LogP contribution >= 0.6 is 0 Å². The second-order valence-electron chi connectivity index (χ2n) is 15.9. The SMILES string of the molecule is COC(C)(C)C1C(COCC(=O)O)OC(OC2C(CNNC(=O)CCCCC(=O)NNC(=O)OCc3ccc4ccc5cccc6ccc3c4c56)OC(O)C(O)C2O)C(O)C1O. The Morgan fingerprint density at radius 1 is 0.742 bits per heavy atom. The van der Waals surface area contributed by atoms with Crippen LogP contribution in [0, 0.1) is 5.92 Å². The molecule has 4 aromatic rings. The Morgan fingerprint density at radius 2 is 1.39 bits per heavy atom. The van der Waals surface area contributed by atoms with Gasteiger partial charge in [-0.15, -0.1) is 0 Å². The highest BCUT2D eigenvalue weighted by molar-refractivity contribution is 6.23. The van der Waals surface area contributed by atoms with Gasteiger partial charge in [-0.25, -0.2) is 20.4 Å². The number of carboxylic acid groups (broad SMARTS) is 1. The van der Waals surface area contributed by atoms with Crippen LogP contribution in [0.4, 0.5) is 4.79 Å². The summed E-state index contributed by atoms with van der Waals surface area (Å²) in [6.07, 6.45) is -14.6. The molecule has 338 valence electrons. The Kier molecular flexibility index (Phi) is 15.5. The van der Waals surface area contributed by atoms with Gasteiger partial charge in [0.05, 0.1) is 24.4 Å². The summed E-state index contributed by atoms with van der Waals surface area (Å²) in [5, 5.41) is 69.2. The summed E-state index contributed by atoms with van der Waals surface area (Å²) < 4.78 is 33.3. The summed E-state index contributed by atoms with van der Waals surface area (Å²) in [5.74, 6) is -3.18. The third kappa shape index (κ3) is 10.8. The van der Waals surface area contributed by atoms with E-state index in [0.717, 1.165) is 37.9 Å². The summed E-state index contributed by atoms with van der Waals surface area (Å²) in [7, 11) is 1.38. The van der Waals surface area contributed by atoms with Gasteiger partial charge in [0.1, 0.15) is 43.7 Å². The van der Waals surface area contributed by atoms with Gasteiger partial charge in [-0.3, -0.25) is 20.4 Å². The zero-order valence-electron chi connectivity index (χ0n) is 34.4. The third-order valence-corrected chi connectivity index (χ3v) is 11.4. The molecule has 6 rings (SSSR count). The molecule has 0 radical (unpaired) electrons. The van der Waals surface area contributed by atoms with Gasteiger partial charge in [0, 0.05) is 32.4 Å². The maximum atomic E-state index is 12.6. The van der Waals surface area contributed by atoms with Crippen molar-refractivity contribution in [2.45, 2.75) is 107 Å². The zero-order chi connectivity index (χ0) is 44.7. The fourth-order valence-corrected chi connectivity index (χ4v) is 8.02. The number of aliphatic carboxylic acids is 1. The van der Waals surface area contributed by atoms with E-state index in [-0.39, 0.29) is 45.4 Å². The van der Waals surface area contributed by atoms with Gasteiger partial charge in [0.25, 0.3) is 0 Å². The number of unbranched alkanes of at least 4 members (excludes halogenated alkanes) is 1. The fourth-order valence-electron chi connectivity index (χ4n) is 8.02. The molecular formula is C42H54N4O16. The van der Waals surface area contributed by atoms with Gasteiger partial charge >= 0.3 is 12.1 Å². The standard InChI is InChI=1S/C42H54N4O16/c1-42(2,57-3)33-27(19-58-20-30(49)50)61-40(37(54)34(33)51)62-38-26(60-39(55)36(53)35(38)52)17-43-44-28(47)9-4-5-10-29(48)45-46-41(56)59-18-24-14-13-23-12-11-21-7-6-8-22-15-16-25(24)32(23)31(21)22/h6-8,11-16,26-27,33-40,43,51-55H,4-5,9-10,17-20H2,1-3H3,(H,44,47)(H,45,48)(H,46,56)(H,49,50). The van der Waals surface area contributed by atoms with Crippen LogP contribution in [0.15, 0.2) is 54.6 Å². The smallest absolute Gasteiger partial charge is 0.426 e. The number of carbonyl (C=O) groups excluding carboxylic acids is 3. The second kappa shape index (κ2) is 20.6. The van der Waals surface area contributed by atoms with Crippen molar-refractivity contribution in [2.24, 2.45) is 5.92 Å².